The monoisotopic (exact) mass is 321 g/mol. The second kappa shape index (κ2) is 6.20. The largest absolute Gasteiger partial charge is 0.328 e. The summed E-state index contributed by atoms with van der Waals surface area (Å²) in [6, 6.07) is 3.87. The zero-order valence-corrected chi connectivity index (χ0v) is 14.7. The lowest BCUT2D eigenvalue weighted by Crippen LogP contribution is -2.19. The topological polar surface area (TPSA) is 56.0 Å². The minimum absolute atomic E-state index is 0.0223. The van der Waals surface area contributed by atoms with Crippen molar-refractivity contribution in [3.63, 3.8) is 0 Å². The van der Waals surface area contributed by atoms with E-state index in [-0.39, 0.29) is 17.5 Å². The number of carbonyl (C=O) groups excluding carboxylic acids is 1. The number of amides is 1. The highest BCUT2D eigenvalue weighted by atomic mass is 32.2. The van der Waals surface area contributed by atoms with E-state index in [1.165, 1.54) is 0 Å². The summed E-state index contributed by atoms with van der Waals surface area (Å²) < 4.78 is 3.23. The van der Waals surface area contributed by atoms with E-state index in [9.17, 15) is 9.59 Å². The molecule has 0 aliphatic carbocycles. The molecule has 0 aliphatic rings. The van der Waals surface area contributed by atoms with Crippen molar-refractivity contribution in [1.29, 1.82) is 0 Å². The lowest BCUT2D eigenvalue weighted by Gasteiger charge is -2.14. The van der Waals surface area contributed by atoms with Crippen LogP contribution >= 0.6 is 11.8 Å². The summed E-state index contributed by atoms with van der Waals surface area (Å²) in [6.45, 7) is 7.93. The average molecular weight is 321 g/mol. The van der Waals surface area contributed by atoms with E-state index in [1.54, 1.807) is 35.0 Å². The number of nitrogens with zero attached hydrogens (tertiary/aromatic N) is 2. The maximum atomic E-state index is 12.1. The molecule has 0 bridgehead atoms. The predicted molar refractivity (Wildman–Crippen MR) is 92.6 cm³/mol. The van der Waals surface area contributed by atoms with Gasteiger partial charge in [0.2, 0.25) is 5.91 Å². The smallest absolute Gasteiger partial charge is 0.325 e. The van der Waals surface area contributed by atoms with Crippen LogP contribution in [0.4, 0.5) is 5.69 Å². The van der Waals surface area contributed by atoms with Crippen molar-refractivity contribution in [3.8, 4) is 0 Å². The van der Waals surface area contributed by atoms with Gasteiger partial charge in [-0.25, -0.2) is 4.79 Å². The summed E-state index contributed by atoms with van der Waals surface area (Å²) in [6.07, 6.45) is 0. The Hall–Kier alpha value is -1.69. The average Bonchev–Trinajstić information content (AvgIpc) is 2.63. The summed E-state index contributed by atoms with van der Waals surface area (Å²) in [5.74, 6) is -0.113. The van der Waals surface area contributed by atoms with E-state index in [1.807, 2.05) is 26.0 Å². The van der Waals surface area contributed by atoms with Gasteiger partial charge in [-0.05, 0) is 12.1 Å². The molecule has 0 spiro atoms. The summed E-state index contributed by atoms with van der Waals surface area (Å²) in [4.78, 5) is 25.1. The lowest BCUT2D eigenvalue weighted by molar-refractivity contribution is -0.118. The Bertz CT molecular complexity index is 772. The number of imidazole rings is 1. The lowest BCUT2D eigenvalue weighted by atomic mass is 10.2. The minimum Gasteiger partial charge on any atom is -0.325 e. The fourth-order valence-corrected chi connectivity index (χ4v) is 3.18. The van der Waals surface area contributed by atoms with E-state index < -0.39 is 0 Å². The molecule has 0 radical (unpaired) electrons. The number of hydrogen-bond donors (Lipinski definition) is 1. The van der Waals surface area contributed by atoms with E-state index in [4.69, 9.17) is 0 Å². The molecule has 0 saturated carbocycles. The summed E-state index contributed by atoms with van der Waals surface area (Å²) in [7, 11) is 3.51. The van der Waals surface area contributed by atoms with Gasteiger partial charge in [-0.3, -0.25) is 13.9 Å². The van der Waals surface area contributed by atoms with Gasteiger partial charge in [0.15, 0.2) is 0 Å². The number of benzene rings is 1. The van der Waals surface area contributed by atoms with Crippen LogP contribution in [-0.4, -0.2) is 20.3 Å². The molecule has 1 N–H and O–H groups in total. The molecule has 1 amide bonds. The van der Waals surface area contributed by atoms with Gasteiger partial charge in [-0.15, -0.1) is 11.8 Å². The van der Waals surface area contributed by atoms with Crippen molar-refractivity contribution in [2.24, 2.45) is 20.0 Å². The number of fused-ring (bicyclic) bond motifs is 1. The van der Waals surface area contributed by atoms with Crippen LogP contribution in [0.2, 0.25) is 0 Å². The van der Waals surface area contributed by atoms with Crippen LogP contribution in [0.25, 0.3) is 11.0 Å². The Kier molecular flexibility index (Phi) is 4.70. The predicted octanol–water partition coefficient (Wildman–Crippen LogP) is 2.97. The van der Waals surface area contributed by atoms with Crippen LogP contribution in [0.1, 0.15) is 27.7 Å². The fourth-order valence-electron chi connectivity index (χ4n) is 2.25. The first-order valence-electron chi connectivity index (χ1n) is 7.39. The molecular weight excluding hydrogens is 298 g/mol. The third kappa shape index (κ3) is 3.06. The molecule has 120 valence electrons. The number of hydrogen-bond acceptors (Lipinski definition) is 3. The third-order valence-corrected chi connectivity index (χ3v) is 4.58. The molecular formula is C16H23N3O2S. The molecule has 5 nitrogen and oxygen atoms in total. The Morgan fingerprint density at radius 3 is 2.14 bits per heavy atom. The van der Waals surface area contributed by atoms with Crippen LogP contribution in [0, 0.1) is 5.92 Å². The summed E-state index contributed by atoms with van der Waals surface area (Å²) in [5, 5.41) is 3.36. The van der Waals surface area contributed by atoms with Gasteiger partial charge in [0, 0.05) is 30.2 Å². The normalized spacial score (nSPS) is 11.6. The molecule has 22 heavy (non-hydrogen) atoms. The van der Waals surface area contributed by atoms with Gasteiger partial charge in [-0.1, -0.05) is 27.7 Å². The Morgan fingerprint density at radius 2 is 1.64 bits per heavy atom. The van der Waals surface area contributed by atoms with E-state index >= 15 is 0 Å². The van der Waals surface area contributed by atoms with Gasteiger partial charge in [0.25, 0.3) is 0 Å². The maximum absolute atomic E-state index is 12.1. The van der Waals surface area contributed by atoms with Crippen molar-refractivity contribution >= 4 is 34.4 Å². The van der Waals surface area contributed by atoms with Gasteiger partial charge >= 0.3 is 5.69 Å². The summed E-state index contributed by atoms with van der Waals surface area (Å²) >= 11 is 1.68. The first-order chi connectivity index (χ1) is 10.2. The van der Waals surface area contributed by atoms with Gasteiger partial charge < -0.3 is 5.32 Å². The highest BCUT2D eigenvalue weighted by Gasteiger charge is 2.16. The van der Waals surface area contributed by atoms with Crippen LogP contribution in [0.15, 0.2) is 21.8 Å². The highest BCUT2D eigenvalue weighted by molar-refractivity contribution is 8.00. The molecule has 0 aliphatic heterocycles. The van der Waals surface area contributed by atoms with Crippen LogP contribution in [0.3, 0.4) is 0 Å². The number of carbonyl (C=O) groups is 1. The van der Waals surface area contributed by atoms with Crippen molar-refractivity contribution in [2.45, 2.75) is 37.8 Å². The van der Waals surface area contributed by atoms with E-state index in [0.717, 1.165) is 21.6 Å². The molecule has 0 unspecified atom stereocenters. The molecule has 0 saturated heterocycles. The number of aromatic nitrogens is 2. The third-order valence-electron chi connectivity index (χ3n) is 3.52. The van der Waals surface area contributed by atoms with Crippen molar-refractivity contribution in [3.05, 3.63) is 22.6 Å². The number of nitrogens with one attached hydrogen (secondary N) is 1. The molecule has 6 heteroatoms. The van der Waals surface area contributed by atoms with Gasteiger partial charge in [-0.2, -0.15) is 0 Å². The maximum Gasteiger partial charge on any atom is 0.328 e. The second-order valence-electron chi connectivity index (χ2n) is 6.05. The molecule has 0 fully saturated rings. The fraction of sp³-hybridized carbons (Fsp3) is 0.500. The van der Waals surface area contributed by atoms with Crippen LogP contribution in [-0.2, 0) is 18.9 Å². The molecule has 1 heterocycles. The Morgan fingerprint density at radius 1 is 1.09 bits per heavy atom. The first kappa shape index (κ1) is 16.7. The van der Waals surface area contributed by atoms with Gasteiger partial charge in [0.1, 0.15) is 0 Å². The first-order valence-corrected chi connectivity index (χ1v) is 8.27. The van der Waals surface area contributed by atoms with Crippen molar-refractivity contribution in [1.82, 2.24) is 9.13 Å². The molecule has 0 atom stereocenters. The summed E-state index contributed by atoms with van der Waals surface area (Å²) in [5.41, 5.74) is 2.40. The van der Waals surface area contributed by atoms with Crippen molar-refractivity contribution < 1.29 is 4.79 Å². The number of aryl methyl sites for hydroxylation is 2. The standard InChI is InChI=1S/C16H23N3O2S/c1-9(2)15(20)17-11-7-12-13(8-14(11)22-10(3)4)19(6)16(21)18(12)5/h7-10H,1-6H3,(H,17,20). The van der Waals surface area contributed by atoms with E-state index in [2.05, 4.69) is 19.2 Å². The molecule has 2 aromatic rings. The van der Waals surface area contributed by atoms with Crippen LogP contribution in [0.5, 0.6) is 0 Å². The van der Waals surface area contributed by atoms with E-state index in [0.29, 0.717) is 5.25 Å². The zero-order valence-electron chi connectivity index (χ0n) is 13.9. The quantitative estimate of drug-likeness (QED) is 0.881. The Balaban J connectivity index is 2.63. The zero-order chi connectivity index (χ0) is 16.6. The number of rotatable bonds is 4. The minimum atomic E-state index is -0.0906. The van der Waals surface area contributed by atoms with Crippen molar-refractivity contribution in [2.75, 3.05) is 5.32 Å². The van der Waals surface area contributed by atoms with Gasteiger partial charge in [0.05, 0.1) is 16.7 Å². The second-order valence-corrected chi connectivity index (χ2v) is 7.67. The highest BCUT2D eigenvalue weighted by Crippen LogP contribution is 2.34. The SMILES string of the molecule is CC(C)Sc1cc2c(cc1NC(=O)C(C)C)n(C)c(=O)n2C. The molecule has 2 rings (SSSR count). The number of thioether (sulfide) groups is 1. The molecule has 1 aromatic carbocycles. The Labute approximate surface area is 134 Å². The molecule has 1 aromatic heterocycles. The van der Waals surface area contributed by atoms with Crippen LogP contribution < -0.4 is 11.0 Å². The number of anilines is 1.